The van der Waals surface area contributed by atoms with Gasteiger partial charge in [-0.3, -0.25) is 0 Å². The molecule has 0 saturated carbocycles. The van der Waals surface area contributed by atoms with Crippen molar-refractivity contribution in [3.63, 3.8) is 0 Å². The van der Waals surface area contributed by atoms with Crippen molar-refractivity contribution in [3.05, 3.63) is 35.4 Å². The molecule has 0 unspecified atom stereocenters. The Hall–Kier alpha value is -1.13. The van der Waals surface area contributed by atoms with E-state index in [9.17, 15) is 8.42 Å². The van der Waals surface area contributed by atoms with Gasteiger partial charge in [-0.15, -0.1) is 12.4 Å². The number of fused-ring (bicyclic) bond motifs is 1. The Balaban J connectivity index is 0.00000161. The van der Waals surface area contributed by atoms with Gasteiger partial charge >= 0.3 is 0 Å². The number of rotatable bonds is 3. The first-order valence-corrected chi connectivity index (χ1v) is 8.37. The van der Waals surface area contributed by atoms with Gasteiger partial charge in [-0.2, -0.15) is 5.26 Å². The SMILES string of the molecule is Cl.N#Cc1cccc(CS(=O)(=O)N2C[C@H]3CNC[C@H]3C2)c1. The van der Waals surface area contributed by atoms with Crippen LogP contribution in [0.2, 0.25) is 0 Å². The number of hydrogen-bond donors (Lipinski definition) is 1. The molecule has 0 aliphatic carbocycles. The molecule has 0 spiro atoms. The highest BCUT2D eigenvalue weighted by molar-refractivity contribution is 7.88. The van der Waals surface area contributed by atoms with Crippen LogP contribution in [0.1, 0.15) is 11.1 Å². The second-order valence-electron chi connectivity index (χ2n) is 5.56. The lowest BCUT2D eigenvalue weighted by Gasteiger charge is -2.17. The number of nitrogens with one attached hydrogen (secondary N) is 1. The molecule has 114 valence electrons. The minimum absolute atomic E-state index is 0. The zero-order chi connectivity index (χ0) is 14.2. The average Bonchev–Trinajstić information content (AvgIpc) is 2.99. The van der Waals surface area contributed by atoms with E-state index in [0.717, 1.165) is 13.1 Å². The molecule has 5 nitrogen and oxygen atoms in total. The van der Waals surface area contributed by atoms with Gasteiger partial charge in [0.05, 0.1) is 17.4 Å². The molecule has 2 saturated heterocycles. The highest BCUT2D eigenvalue weighted by atomic mass is 35.5. The number of sulfonamides is 1. The molecule has 0 amide bonds. The molecule has 1 aromatic rings. The van der Waals surface area contributed by atoms with E-state index in [2.05, 4.69) is 5.32 Å². The summed E-state index contributed by atoms with van der Waals surface area (Å²) in [4.78, 5) is 0. The van der Waals surface area contributed by atoms with Gasteiger partial charge in [0.25, 0.3) is 0 Å². The topological polar surface area (TPSA) is 73.2 Å². The van der Waals surface area contributed by atoms with E-state index in [-0.39, 0.29) is 18.2 Å². The van der Waals surface area contributed by atoms with E-state index in [1.165, 1.54) is 0 Å². The number of benzene rings is 1. The van der Waals surface area contributed by atoms with Gasteiger partial charge in [0.1, 0.15) is 0 Å². The summed E-state index contributed by atoms with van der Waals surface area (Å²) in [6.07, 6.45) is 0. The van der Waals surface area contributed by atoms with Crippen LogP contribution in [0.15, 0.2) is 24.3 Å². The molecule has 1 N–H and O–H groups in total. The van der Waals surface area contributed by atoms with Gasteiger partial charge in [-0.1, -0.05) is 12.1 Å². The van der Waals surface area contributed by atoms with E-state index in [1.807, 2.05) is 6.07 Å². The lowest BCUT2D eigenvalue weighted by Crippen LogP contribution is -2.32. The Morgan fingerprint density at radius 3 is 2.57 bits per heavy atom. The molecule has 2 atom stereocenters. The fourth-order valence-electron chi connectivity index (χ4n) is 3.07. The summed E-state index contributed by atoms with van der Waals surface area (Å²) < 4.78 is 26.5. The summed E-state index contributed by atoms with van der Waals surface area (Å²) in [5.41, 5.74) is 1.18. The minimum Gasteiger partial charge on any atom is -0.316 e. The number of halogens is 1. The van der Waals surface area contributed by atoms with Gasteiger partial charge in [-0.05, 0) is 42.6 Å². The summed E-state index contributed by atoms with van der Waals surface area (Å²) in [5.74, 6) is 0.889. The van der Waals surface area contributed by atoms with Crippen LogP contribution >= 0.6 is 12.4 Å². The first-order valence-electron chi connectivity index (χ1n) is 6.76. The van der Waals surface area contributed by atoms with Crippen LogP contribution in [-0.2, 0) is 15.8 Å². The lowest BCUT2D eigenvalue weighted by molar-refractivity contribution is 0.447. The normalized spacial score (nSPS) is 25.1. The van der Waals surface area contributed by atoms with Gasteiger partial charge < -0.3 is 5.32 Å². The maximum atomic E-state index is 12.5. The van der Waals surface area contributed by atoms with Crippen molar-refractivity contribution in [2.45, 2.75) is 5.75 Å². The van der Waals surface area contributed by atoms with Gasteiger partial charge in [0, 0.05) is 13.1 Å². The van der Waals surface area contributed by atoms with Crippen molar-refractivity contribution in [1.29, 1.82) is 5.26 Å². The molecule has 2 aliphatic rings. The minimum atomic E-state index is -3.28. The molecular formula is C14H18ClN3O2S. The highest BCUT2D eigenvalue weighted by Crippen LogP contribution is 2.29. The number of hydrogen-bond acceptors (Lipinski definition) is 4. The Morgan fingerprint density at radius 1 is 1.29 bits per heavy atom. The Bertz CT molecular complexity index is 644. The van der Waals surface area contributed by atoms with Gasteiger partial charge in [0.2, 0.25) is 10.0 Å². The first kappa shape index (κ1) is 16.2. The van der Waals surface area contributed by atoms with Gasteiger partial charge in [-0.25, -0.2) is 12.7 Å². The van der Waals surface area contributed by atoms with Crippen molar-refractivity contribution < 1.29 is 8.42 Å². The predicted molar refractivity (Wildman–Crippen MR) is 82.5 cm³/mol. The second kappa shape index (κ2) is 6.32. The average molecular weight is 328 g/mol. The largest absolute Gasteiger partial charge is 0.316 e. The van der Waals surface area contributed by atoms with E-state index < -0.39 is 10.0 Å². The summed E-state index contributed by atoms with van der Waals surface area (Å²) in [6, 6.07) is 8.86. The monoisotopic (exact) mass is 327 g/mol. The maximum absolute atomic E-state index is 12.5. The molecule has 7 heteroatoms. The summed E-state index contributed by atoms with van der Waals surface area (Å²) in [6.45, 7) is 3.08. The maximum Gasteiger partial charge on any atom is 0.218 e. The van der Waals surface area contributed by atoms with E-state index >= 15 is 0 Å². The molecule has 0 radical (unpaired) electrons. The summed E-state index contributed by atoms with van der Waals surface area (Å²) in [7, 11) is -3.28. The molecule has 2 heterocycles. The molecule has 21 heavy (non-hydrogen) atoms. The van der Waals surface area contributed by atoms with Crippen LogP contribution < -0.4 is 5.32 Å². The van der Waals surface area contributed by atoms with Crippen molar-refractivity contribution in [2.24, 2.45) is 11.8 Å². The first-order chi connectivity index (χ1) is 9.58. The zero-order valence-electron chi connectivity index (χ0n) is 11.5. The molecule has 2 aliphatic heterocycles. The van der Waals surface area contributed by atoms with Crippen molar-refractivity contribution in [2.75, 3.05) is 26.2 Å². The number of nitrogens with zero attached hydrogens (tertiary/aromatic N) is 2. The fourth-order valence-corrected chi connectivity index (χ4v) is 4.69. The van der Waals surface area contributed by atoms with Crippen LogP contribution in [0.4, 0.5) is 0 Å². The fraction of sp³-hybridized carbons (Fsp3) is 0.500. The number of nitriles is 1. The quantitative estimate of drug-likeness (QED) is 0.897. The third-order valence-corrected chi connectivity index (χ3v) is 5.94. The zero-order valence-corrected chi connectivity index (χ0v) is 13.2. The predicted octanol–water partition coefficient (Wildman–Crippen LogP) is 0.961. The molecule has 3 rings (SSSR count). The molecule has 2 fully saturated rings. The molecular weight excluding hydrogens is 310 g/mol. The van der Waals surface area contributed by atoms with Gasteiger partial charge in [0.15, 0.2) is 0 Å². The van der Waals surface area contributed by atoms with Crippen LogP contribution in [0, 0.1) is 23.2 Å². The van der Waals surface area contributed by atoms with E-state index in [4.69, 9.17) is 5.26 Å². The Morgan fingerprint density at radius 2 is 1.95 bits per heavy atom. The van der Waals surface area contributed by atoms with Crippen molar-refractivity contribution in [1.82, 2.24) is 9.62 Å². The van der Waals surface area contributed by atoms with E-state index in [1.54, 1.807) is 28.6 Å². The van der Waals surface area contributed by atoms with Crippen molar-refractivity contribution in [3.8, 4) is 6.07 Å². The standard InChI is InChI=1S/C14H17N3O2S.ClH/c15-5-11-2-1-3-12(4-11)10-20(18,19)17-8-13-6-16-7-14(13)9-17;/h1-4,13-14,16H,6-10H2;1H/t13-,14+;. The van der Waals surface area contributed by atoms with Crippen molar-refractivity contribution >= 4 is 22.4 Å². The third kappa shape index (κ3) is 3.38. The lowest BCUT2D eigenvalue weighted by atomic mass is 10.0. The second-order valence-corrected chi connectivity index (χ2v) is 7.53. The van der Waals surface area contributed by atoms with Crippen LogP contribution in [-0.4, -0.2) is 38.9 Å². The summed E-state index contributed by atoms with van der Waals surface area (Å²) in [5, 5.41) is 12.2. The molecule has 0 aromatic heterocycles. The van der Waals surface area contributed by atoms with E-state index in [0.29, 0.717) is 36.1 Å². The Labute approximate surface area is 131 Å². The Kier molecular flexibility index (Phi) is 4.89. The third-order valence-electron chi connectivity index (χ3n) is 4.15. The van der Waals surface area contributed by atoms with Crippen LogP contribution in [0.3, 0.4) is 0 Å². The molecule has 1 aromatic carbocycles. The van der Waals surface area contributed by atoms with Crippen LogP contribution in [0.25, 0.3) is 0 Å². The highest BCUT2D eigenvalue weighted by Gasteiger charge is 2.40. The summed E-state index contributed by atoms with van der Waals surface area (Å²) >= 11 is 0. The molecule has 0 bridgehead atoms. The van der Waals surface area contributed by atoms with Crippen LogP contribution in [0.5, 0.6) is 0 Å². The smallest absolute Gasteiger partial charge is 0.218 e.